The van der Waals surface area contributed by atoms with Crippen LogP contribution in [0.1, 0.15) is 10.4 Å². The van der Waals surface area contributed by atoms with E-state index in [1.54, 1.807) is 0 Å². The number of nitrogens with one attached hydrogen (secondary N) is 1. The fraction of sp³-hybridized carbons (Fsp3) is 0.316. The quantitative estimate of drug-likeness (QED) is 0.754. The molecule has 1 amide bonds. The van der Waals surface area contributed by atoms with Gasteiger partial charge in [0, 0.05) is 47.9 Å². The van der Waals surface area contributed by atoms with Crippen LogP contribution in [0.3, 0.4) is 0 Å². The molecule has 0 saturated carbocycles. The zero-order valence-corrected chi connectivity index (χ0v) is 13.9. The Bertz CT molecular complexity index is 1030. The summed E-state index contributed by atoms with van der Waals surface area (Å²) in [5.41, 5.74) is 7.79. The van der Waals surface area contributed by atoms with Crippen molar-refractivity contribution in [2.75, 3.05) is 31.6 Å². The zero-order valence-electron chi connectivity index (χ0n) is 13.9. The third-order valence-electron chi connectivity index (χ3n) is 5.79. The van der Waals surface area contributed by atoms with Crippen molar-refractivity contribution in [3.8, 4) is 0 Å². The molecule has 0 bridgehead atoms. The minimum Gasteiger partial charge on any atom is -0.367 e. The van der Waals surface area contributed by atoms with Gasteiger partial charge >= 0.3 is 0 Å². The molecule has 1 aromatic heterocycles. The fourth-order valence-electron chi connectivity index (χ4n) is 4.56. The molecule has 2 aliphatic heterocycles. The fourth-order valence-corrected chi connectivity index (χ4v) is 4.56. The Morgan fingerprint density at radius 2 is 2.08 bits per heavy atom. The van der Waals surface area contributed by atoms with Crippen LogP contribution in [0.2, 0.25) is 0 Å². The molecule has 2 saturated heterocycles. The first-order chi connectivity index (χ1) is 12.0. The van der Waals surface area contributed by atoms with E-state index in [2.05, 4.69) is 21.8 Å². The van der Waals surface area contributed by atoms with Gasteiger partial charge in [0.2, 0.25) is 0 Å². The predicted octanol–water partition coefficient (Wildman–Crippen LogP) is 2.31. The van der Waals surface area contributed by atoms with Gasteiger partial charge in [-0.3, -0.25) is 4.79 Å². The van der Waals surface area contributed by atoms with E-state index >= 15 is 4.39 Å². The second-order valence-electron chi connectivity index (χ2n) is 7.21. The van der Waals surface area contributed by atoms with Crippen LogP contribution >= 0.6 is 0 Å². The number of anilines is 1. The van der Waals surface area contributed by atoms with E-state index in [0.717, 1.165) is 35.9 Å². The number of nitrogens with zero attached hydrogens (tertiary/aromatic N) is 2. The van der Waals surface area contributed by atoms with Crippen molar-refractivity contribution < 1.29 is 9.18 Å². The molecular formula is C19H19FN4O. The van der Waals surface area contributed by atoms with Gasteiger partial charge in [0.1, 0.15) is 5.82 Å². The van der Waals surface area contributed by atoms with E-state index in [4.69, 9.17) is 5.73 Å². The zero-order chi connectivity index (χ0) is 17.3. The number of hydrogen-bond acceptors (Lipinski definition) is 3. The highest BCUT2D eigenvalue weighted by atomic mass is 19.1. The van der Waals surface area contributed by atoms with Crippen molar-refractivity contribution in [2.45, 2.75) is 6.04 Å². The van der Waals surface area contributed by atoms with Gasteiger partial charge in [-0.05, 0) is 19.2 Å². The second-order valence-corrected chi connectivity index (χ2v) is 7.21. The number of carbonyl (C=O) groups excluding carboxylic acids is 1. The molecule has 2 unspecified atom stereocenters. The second kappa shape index (κ2) is 4.95. The van der Waals surface area contributed by atoms with Crippen molar-refractivity contribution in [3.05, 3.63) is 41.7 Å². The van der Waals surface area contributed by atoms with Crippen LogP contribution in [-0.4, -0.2) is 48.5 Å². The lowest BCUT2D eigenvalue weighted by Crippen LogP contribution is -2.52. The number of likely N-dealkylation sites (tertiary alicyclic amines) is 1. The van der Waals surface area contributed by atoms with E-state index in [9.17, 15) is 4.79 Å². The number of primary amides is 1. The monoisotopic (exact) mass is 338 g/mol. The Labute approximate surface area is 144 Å². The number of rotatable bonds is 2. The predicted molar refractivity (Wildman–Crippen MR) is 96.4 cm³/mol. The summed E-state index contributed by atoms with van der Waals surface area (Å²) in [6.45, 7) is 2.71. The number of carbonyl (C=O) groups is 1. The van der Waals surface area contributed by atoms with Crippen molar-refractivity contribution in [1.82, 2.24) is 9.88 Å². The summed E-state index contributed by atoms with van der Waals surface area (Å²) in [7, 11) is 2.11. The number of amides is 1. The average molecular weight is 338 g/mol. The first kappa shape index (κ1) is 14.7. The molecule has 3 heterocycles. The van der Waals surface area contributed by atoms with Crippen LogP contribution in [0.4, 0.5) is 10.1 Å². The summed E-state index contributed by atoms with van der Waals surface area (Å²) in [5.74, 6) is -0.418. The van der Waals surface area contributed by atoms with E-state index < -0.39 is 5.91 Å². The highest BCUT2D eigenvalue weighted by Gasteiger charge is 2.44. The SMILES string of the molecule is CN1CC2CN(c3c(F)cc(C(N)=O)c4[nH]c5ccccc5c34)CC21. The highest BCUT2D eigenvalue weighted by molar-refractivity contribution is 6.19. The molecule has 2 atom stereocenters. The summed E-state index contributed by atoms with van der Waals surface area (Å²) in [6.07, 6.45) is 0. The van der Waals surface area contributed by atoms with Crippen molar-refractivity contribution >= 4 is 33.4 Å². The van der Waals surface area contributed by atoms with Crippen molar-refractivity contribution in [1.29, 1.82) is 0 Å². The molecule has 0 aliphatic carbocycles. The molecule has 25 heavy (non-hydrogen) atoms. The summed E-state index contributed by atoms with van der Waals surface area (Å²) in [6, 6.07) is 9.50. The van der Waals surface area contributed by atoms with Gasteiger partial charge in [0.25, 0.3) is 5.91 Å². The number of benzene rings is 2. The molecular weight excluding hydrogens is 319 g/mol. The third kappa shape index (κ3) is 1.94. The molecule has 6 heteroatoms. The number of aromatic nitrogens is 1. The highest BCUT2D eigenvalue weighted by Crippen LogP contribution is 2.42. The number of fused-ring (bicyclic) bond motifs is 4. The Morgan fingerprint density at radius 3 is 2.80 bits per heavy atom. The summed E-state index contributed by atoms with van der Waals surface area (Å²) in [4.78, 5) is 19.5. The number of para-hydroxylation sites is 1. The summed E-state index contributed by atoms with van der Waals surface area (Å²) >= 11 is 0. The van der Waals surface area contributed by atoms with Gasteiger partial charge < -0.3 is 20.5 Å². The number of aromatic amines is 1. The number of H-pyrrole nitrogens is 1. The molecule has 0 spiro atoms. The molecule has 3 N–H and O–H groups in total. The van der Waals surface area contributed by atoms with E-state index in [1.165, 1.54) is 6.07 Å². The van der Waals surface area contributed by atoms with Crippen LogP contribution in [-0.2, 0) is 0 Å². The lowest BCUT2D eigenvalue weighted by atomic mass is 9.93. The number of likely N-dealkylation sites (N-methyl/N-ethyl adjacent to an activating group) is 1. The summed E-state index contributed by atoms with van der Waals surface area (Å²) in [5, 5.41) is 1.68. The Morgan fingerprint density at radius 1 is 1.28 bits per heavy atom. The maximum Gasteiger partial charge on any atom is 0.250 e. The topological polar surface area (TPSA) is 65.4 Å². The molecule has 5 rings (SSSR count). The lowest BCUT2D eigenvalue weighted by Gasteiger charge is -2.40. The van der Waals surface area contributed by atoms with E-state index in [1.807, 2.05) is 24.3 Å². The molecule has 0 radical (unpaired) electrons. The van der Waals surface area contributed by atoms with E-state index in [0.29, 0.717) is 23.2 Å². The smallest absolute Gasteiger partial charge is 0.250 e. The summed E-state index contributed by atoms with van der Waals surface area (Å²) < 4.78 is 15.1. The van der Waals surface area contributed by atoms with Gasteiger partial charge in [0.15, 0.2) is 0 Å². The first-order valence-corrected chi connectivity index (χ1v) is 8.52. The van der Waals surface area contributed by atoms with Crippen LogP contribution in [0.25, 0.3) is 21.8 Å². The minimum absolute atomic E-state index is 0.201. The Kier molecular flexibility index (Phi) is 2.92. The molecule has 128 valence electrons. The largest absolute Gasteiger partial charge is 0.367 e. The molecule has 2 fully saturated rings. The van der Waals surface area contributed by atoms with E-state index in [-0.39, 0.29) is 11.4 Å². The van der Waals surface area contributed by atoms with Gasteiger partial charge in [-0.25, -0.2) is 4.39 Å². The van der Waals surface area contributed by atoms with Crippen molar-refractivity contribution in [2.24, 2.45) is 11.7 Å². The average Bonchev–Trinajstić information content (AvgIpc) is 3.12. The van der Waals surface area contributed by atoms with Gasteiger partial charge in [-0.15, -0.1) is 0 Å². The Balaban J connectivity index is 1.79. The molecule has 2 aliphatic rings. The van der Waals surface area contributed by atoms with Crippen LogP contribution in [0.15, 0.2) is 30.3 Å². The maximum atomic E-state index is 15.1. The number of halogens is 1. The molecule has 5 nitrogen and oxygen atoms in total. The van der Waals surface area contributed by atoms with Gasteiger partial charge in [-0.1, -0.05) is 18.2 Å². The van der Waals surface area contributed by atoms with Crippen LogP contribution < -0.4 is 10.6 Å². The van der Waals surface area contributed by atoms with Crippen molar-refractivity contribution in [3.63, 3.8) is 0 Å². The standard InChI is InChI=1S/C19H19FN4O/c1-23-7-10-8-24(9-15(10)23)18-13(20)6-12(19(21)25)17-16(18)11-4-2-3-5-14(11)22-17/h2-6,10,15,22H,7-9H2,1H3,(H2,21,25). The Hall–Kier alpha value is -2.60. The van der Waals surface area contributed by atoms with Gasteiger partial charge in [-0.2, -0.15) is 0 Å². The first-order valence-electron chi connectivity index (χ1n) is 8.52. The molecule has 2 aromatic carbocycles. The molecule has 3 aromatic rings. The number of nitrogens with two attached hydrogens (primary N) is 1. The third-order valence-corrected chi connectivity index (χ3v) is 5.79. The minimum atomic E-state index is -0.622. The lowest BCUT2D eigenvalue weighted by molar-refractivity contribution is 0.0827. The van der Waals surface area contributed by atoms with Gasteiger partial charge in [0.05, 0.1) is 16.8 Å². The number of hydrogen-bond donors (Lipinski definition) is 2. The maximum absolute atomic E-state index is 15.1. The normalized spacial score (nSPS) is 23.2. The van der Waals surface area contributed by atoms with Crippen LogP contribution in [0, 0.1) is 11.7 Å². The van der Waals surface area contributed by atoms with Crippen LogP contribution in [0.5, 0.6) is 0 Å².